The lowest BCUT2D eigenvalue weighted by Crippen LogP contribution is -2.23. The molecule has 6 nitrogen and oxygen atoms in total. The van der Waals surface area contributed by atoms with Crippen LogP contribution in [0.25, 0.3) is 10.9 Å². The number of anilines is 1. The minimum Gasteiger partial charge on any atom is -0.478 e. The first-order valence-corrected chi connectivity index (χ1v) is 14.0. The molecular formula is C35H30FN3O3. The standard InChI is InChI=1S/C35H30FN3O3/c1-22(2)34(40)38-30-27-14-9-19-37-31(27)33(42-32(24-10-5-3-6-11-24)25-12-7-4-8-13-25)29-28(30)21-39(35(29)41)20-23-15-17-26(36)18-16-23/h3-19,22,32H,20-21H2,1-2H3,(H,38,40). The number of fused-ring (bicyclic) bond motifs is 2. The van der Waals surface area contributed by atoms with Crippen LogP contribution in [0.3, 0.4) is 0 Å². The molecule has 0 fully saturated rings. The molecule has 1 aliphatic rings. The van der Waals surface area contributed by atoms with E-state index in [9.17, 15) is 14.0 Å². The van der Waals surface area contributed by atoms with Crippen molar-refractivity contribution in [3.8, 4) is 5.75 Å². The van der Waals surface area contributed by atoms with Crippen molar-refractivity contribution in [2.45, 2.75) is 33.0 Å². The van der Waals surface area contributed by atoms with Crippen LogP contribution in [0.4, 0.5) is 10.1 Å². The fraction of sp³-hybridized carbons (Fsp3) is 0.171. The molecule has 2 amide bonds. The van der Waals surface area contributed by atoms with Crippen LogP contribution in [0, 0.1) is 11.7 Å². The molecule has 1 aliphatic heterocycles. The fourth-order valence-corrected chi connectivity index (χ4v) is 5.30. The Kier molecular flexibility index (Phi) is 7.40. The zero-order valence-corrected chi connectivity index (χ0v) is 23.4. The number of nitrogens with one attached hydrogen (secondary N) is 1. The topological polar surface area (TPSA) is 71.5 Å². The molecule has 0 atom stereocenters. The van der Waals surface area contributed by atoms with Crippen LogP contribution in [0.15, 0.2) is 103 Å². The zero-order chi connectivity index (χ0) is 29.2. The molecule has 0 aliphatic carbocycles. The number of nitrogens with zero attached hydrogens (tertiary/aromatic N) is 2. The van der Waals surface area contributed by atoms with E-state index in [4.69, 9.17) is 4.74 Å². The Morgan fingerprint density at radius 1 is 0.929 bits per heavy atom. The number of halogens is 1. The van der Waals surface area contributed by atoms with Crippen LogP contribution >= 0.6 is 0 Å². The van der Waals surface area contributed by atoms with E-state index in [-0.39, 0.29) is 36.6 Å². The highest BCUT2D eigenvalue weighted by atomic mass is 19.1. The normalized spacial score (nSPS) is 12.7. The summed E-state index contributed by atoms with van der Waals surface area (Å²) in [7, 11) is 0. The number of pyridine rings is 1. The van der Waals surface area contributed by atoms with Crippen molar-refractivity contribution in [3.63, 3.8) is 0 Å². The second-order valence-corrected chi connectivity index (χ2v) is 10.7. The highest BCUT2D eigenvalue weighted by Gasteiger charge is 2.37. The van der Waals surface area contributed by atoms with Gasteiger partial charge >= 0.3 is 0 Å². The lowest BCUT2D eigenvalue weighted by Gasteiger charge is -2.24. The smallest absolute Gasteiger partial charge is 0.258 e. The molecular weight excluding hydrogens is 529 g/mol. The number of ether oxygens (including phenoxy) is 1. The summed E-state index contributed by atoms with van der Waals surface area (Å²) in [5.74, 6) is -0.637. The summed E-state index contributed by atoms with van der Waals surface area (Å²) in [6.45, 7) is 4.17. The van der Waals surface area contributed by atoms with E-state index in [1.807, 2.05) is 86.6 Å². The van der Waals surface area contributed by atoms with Crippen molar-refractivity contribution in [2.75, 3.05) is 5.32 Å². The number of hydrogen-bond donors (Lipinski definition) is 1. The van der Waals surface area contributed by atoms with Gasteiger partial charge in [0, 0.05) is 36.2 Å². The number of aromatic nitrogens is 1. The van der Waals surface area contributed by atoms with Crippen molar-refractivity contribution in [1.82, 2.24) is 9.88 Å². The summed E-state index contributed by atoms with van der Waals surface area (Å²) in [4.78, 5) is 33.5. The third-order valence-corrected chi connectivity index (χ3v) is 7.47. The van der Waals surface area contributed by atoms with E-state index >= 15 is 0 Å². The van der Waals surface area contributed by atoms with E-state index < -0.39 is 6.10 Å². The lowest BCUT2D eigenvalue weighted by molar-refractivity contribution is -0.118. The van der Waals surface area contributed by atoms with Gasteiger partial charge in [-0.1, -0.05) is 86.6 Å². The molecule has 210 valence electrons. The van der Waals surface area contributed by atoms with Gasteiger partial charge in [0.05, 0.1) is 11.3 Å². The third-order valence-electron chi connectivity index (χ3n) is 7.47. The van der Waals surface area contributed by atoms with Crippen LogP contribution in [-0.2, 0) is 17.9 Å². The maximum atomic E-state index is 14.2. The van der Waals surface area contributed by atoms with Crippen molar-refractivity contribution in [2.24, 2.45) is 5.92 Å². The van der Waals surface area contributed by atoms with Crippen LogP contribution in [-0.4, -0.2) is 21.7 Å². The van der Waals surface area contributed by atoms with Gasteiger partial charge in [0.2, 0.25) is 5.91 Å². The van der Waals surface area contributed by atoms with Crippen LogP contribution in [0.2, 0.25) is 0 Å². The molecule has 0 saturated heterocycles. The van der Waals surface area contributed by atoms with Gasteiger partial charge in [0.25, 0.3) is 5.91 Å². The van der Waals surface area contributed by atoms with Gasteiger partial charge in [-0.05, 0) is 41.0 Å². The number of rotatable bonds is 8. The molecule has 0 radical (unpaired) electrons. The molecule has 1 aromatic heterocycles. The van der Waals surface area contributed by atoms with Crippen molar-refractivity contribution in [3.05, 3.63) is 137 Å². The molecule has 0 spiro atoms. The van der Waals surface area contributed by atoms with Crippen molar-refractivity contribution >= 4 is 28.4 Å². The minimum absolute atomic E-state index is 0.160. The maximum absolute atomic E-state index is 14.2. The molecule has 0 bridgehead atoms. The summed E-state index contributed by atoms with van der Waals surface area (Å²) in [6.07, 6.45) is 1.14. The summed E-state index contributed by atoms with van der Waals surface area (Å²) in [5, 5.41) is 3.77. The Bertz CT molecular complexity index is 1720. The van der Waals surface area contributed by atoms with Crippen LogP contribution in [0.1, 0.15) is 52.6 Å². The first kappa shape index (κ1) is 27.1. The molecule has 7 heteroatoms. The first-order chi connectivity index (χ1) is 20.4. The number of amides is 2. The average Bonchev–Trinajstić information content (AvgIpc) is 3.34. The Morgan fingerprint density at radius 2 is 1.57 bits per heavy atom. The van der Waals surface area contributed by atoms with Crippen LogP contribution in [0.5, 0.6) is 5.75 Å². The minimum atomic E-state index is -0.517. The second kappa shape index (κ2) is 11.4. The Morgan fingerprint density at radius 3 is 2.19 bits per heavy atom. The summed E-state index contributed by atoms with van der Waals surface area (Å²) < 4.78 is 20.5. The van der Waals surface area contributed by atoms with Gasteiger partial charge in [-0.2, -0.15) is 0 Å². The molecule has 1 N–H and O–H groups in total. The Labute approximate surface area is 243 Å². The monoisotopic (exact) mass is 559 g/mol. The van der Waals surface area contributed by atoms with E-state index in [1.54, 1.807) is 23.2 Å². The quantitative estimate of drug-likeness (QED) is 0.217. The SMILES string of the molecule is CC(C)C(=O)Nc1c2c(c(OC(c3ccccc3)c3ccccc3)c3ncccc13)C(=O)N(Cc1ccc(F)cc1)C2. The fourth-order valence-electron chi connectivity index (χ4n) is 5.30. The van der Waals surface area contributed by atoms with Gasteiger partial charge in [-0.25, -0.2) is 4.39 Å². The van der Waals surface area contributed by atoms with E-state index in [2.05, 4.69) is 10.3 Å². The number of carbonyl (C=O) groups excluding carboxylic acids is 2. The maximum Gasteiger partial charge on any atom is 0.258 e. The van der Waals surface area contributed by atoms with Crippen molar-refractivity contribution < 1.29 is 18.7 Å². The molecule has 42 heavy (non-hydrogen) atoms. The van der Waals surface area contributed by atoms with Gasteiger partial charge in [0.15, 0.2) is 5.75 Å². The van der Waals surface area contributed by atoms with Gasteiger partial charge in [-0.3, -0.25) is 14.6 Å². The molecule has 0 saturated carbocycles. The summed E-state index contributed by atoms with van der Waals surface area (Å²) >= 11 is 0. The average molecular weight is 560 g/mol. The molecule has 5 aromatic rings. The van der Waals surface area contributed by atoms with Gasteiger partial charge in [0.1, 0.15) is 17.4 Å². The molecule has 6 rings (SSSR count). The number of benzene rings is 4. The highest BCUT2D eigenvalue weighted by molar-refractivity contribution is 6.14. The second-order valence-electron chi connectivity index (χ2n) is 10.7. The zero-order valence-electron chi connectivity index (χ0n) is 23.4. The van der Waals surface area contributed by atoms with E-state index in [0.717, 1.165) is 16.7 Å². The third kappa shape index (κ3) is 5.21. The summed E-state index contributed by atoms with van der Waals surface area (Å²) in [5.41, 5.74) is 4.74. The van der Waals surface area contributed by atoms with Crippen LogP contribution < -0.4 is 10.1 Å². The highest BCUT2D eigenvalue weighted by Crippen LogP contribution is 2.45. The van der Waals surface area contributed by atoms with E-state index in [1.165, 1.54) is 12.1 Å². The first-order valence-electron chi connectivity index (χ1n) is 14.0. The molecule has 2 heterocycles. The van der Waals surface area contributed by atoms with Gasteiger partial charge in [-0.15, -0.1) is 0 Å². The largest absolute Gasteiger partial charge is 0.478 e. The Balaban J connectivity index is 1.53. The predicted octanol–water partition coefficient (Wildman–Crippen LogP) is 7.29. The lowest BCUT2D eigenvalue weighted by atomic mass is 9.98. The van der Waals surface area contributed by atoms with Crippen molar-refractivity contribution in [1.29, 1.82) is 0 Å². The predicted molar refractivity (Wildman–Crippen MR) is 161 cm³/mol. The van der Waals surface area contributed by atoms with Gasteiger partial charge < -0.3 is 15.0 Å². The molecule has 0 unspecified atom stereocenters. The molecule has 4 aromatic carbocycles. The Hall–Kier alpha value is -5.04. The number of hydrogen-bond acceptors (Lipinski definition) is 4. The number of carbonyl (C=O) groups is 2. The summed E-state index contributed by atoms with van der Waals surface area (Å²) in [6, 6.07) is 29.5. The van der Waals surface area contributed by atoms with E-state index in [0.29, 0.717) is 33.5 Å².